The number of rotatable bonds is 6. The topological polar surface area (TPSA) is 84.1 Å². The Morgan fingerprint density at radius 1 is 1.26 bits per heavy atom. The van der Waals surface area contributed by atoms with Crippen LogP contribution in [0.2, 0.25) is 0 Å². The largest absolute Gasteiger partial charge is 0.327 e. The van der Waals surface area contributed by atoms with Crippen LogP contribution in [0.4, 0.5) is 0 Å². The number of hydrogen-bond donors (Lipinski definition) is 1. The smallest absolute Gasteiger partial charge is 0.286 e. The van der Waals surface area contributed by atoms with Crippen LogP contribution in [0.25, 0.3) is 16.9 Å². The molecule has 9 heteroatoms. The lowest BCUT2D eigenvalue weighted by atomic mass is 10.2. The number of aromatic nitrogens is 6. The molecule has 3 heterocycles. The van der Waals surface area contributed by atoms with Crippen LogP contribution >= 0.6 is 15.9 Å². The average Bonchev–Trinajstić information content (AvgIpc) is 3.06. The van der Waals surface area contributed by atoms with Crippen molar-refractivity contribution in [2.75, 3.05) is 14.1 Å². The standard InChI is InChI=1S/C14H20BrN7O/c1-4-5-6-7-21-11-10(16-13(15)17-11)12(23)22-9(8-20(2)3)18-19-14(21)22/h4-8H2,1-3H3,(H,16,17). The van der Waals surface area contributed by atoms with Crippen LogP contribution in [0.15, 0.2) is 9.53 Å². The summed E-state index contributed by atoms with van der Waals surface area (Å²) in [5.41, 5.74) is 0.928. The van der Waals surface area contributed by atoms with Gasteiger partial charge in [-0.05, 0) is 36.4 Å². The maximum atomic E-state index is 12.8. The highest BCUT2D eigenvalue weighted by Crippen LogP contribution is 2.16. The van der Waals surface area contributed by atoms with Gasteiger partial charge in [-0.15, -0.1) is 10.2 Å². The molecule has 124 valence electrons. The minimum absolute atomic E-state index is 0.165. The van der Waals surface area contributed by atoms with Crippen molar-refractivity contribution in [2.24, 2.45) is 0 Å². The lowest BCUT2D eigenvalue weighted by molar-refractivity contribution is 0.388. The Bertz CT molecular complexity index is 892. The summed E-state index contributed by atoms with van der Waals surface area (Å²) in [7, 11) is 3.87. The first kappa shape index (κ1) is 16.1. The Morgan fingerprint density at radius 3 is 2.74 bits per heavy atom. The number of unbranched alkanes of at least 4 members (excludes halogenated alkanes) is 2. The number of aromatic amines is 1. The SMILES string of the molecule is CCCCCn1c2nc(Br)[nH]c2c(=O)n2c(CN(C)C)nnc12. The Hall–Kier alpha value is -1.74. The third kappa shape index (κ3) is 2.90. The van der Waals surface area contributed by atoms with E-state index in [9.17, 15) is 4.79 Å². The van der Waals surface area contributed by atoms with Crippen molar-refractivity contribution in [2.45, 2.75) is 39.3 Å². The summed E-state index contributed by atoms with van der Waals surface area (Å²) in [6.07, 6.45) is 3.25. The van der Waals surface area contributed by atoms with Crippen LogP contribution in [-0.2, 0) is 13.1 Å². The molecule has 0 spiro atoms. The highest BCUT2D eigenvalue weighted by Gasteiger charge is 2.19. The number of hydrogen-bond acceptors (Lipinski definition) is 5. The van der Waals surface area contributed by atoms with E-state index in [-0.39, 0.29) is 5.56 Å². The van der Waals surface area contributed by atoms with E-state index in [0.717, 1.165) is 25.8 Å². The number of H-pyrrole nitrogens is 1. The molecule has 3 rings (SSSR count). The molecule has 0 saturated heterocycles. The van der Waals surface area contributed by atoms with Crippen molar-refractivity contribution in [3.8, 4) is 0 Å². The highest BCUT2D eigenvalue weighted by molar-refractivity contribution is 9.10. The minimum atomic E-state index is -0.165. The van der Waals surface area contributed by atoms with Gasteiger partial charge in [-0.2, -0.15) is 0 Å². The first-order chi connectivity index (χ1) is 11.0. The summed E-state index contributed by atoms with van der Waals surface area (Å²) < 4.78 is 4.10. The second-order valence-corrected chi connectivity index (χ2v) is 6.63. The van der Waals surface area contributed by atoms with Crippen LogP contribution in [-0.4, -0.2) is 48.1 Å². The van der Waals surface area contributed by atoms with Gasteiger partial charge >= 0.3 is 0 Å². The zero-order chi connectivity index (χ0) is 16.6. The van der Waals surface area contributed by atoms with Gasteiger partial charge in [0.2, 0.25) is 5.78 Å². The molecule has 0 radical (unpaired) electrons. The summed E-state index contributed by atoms with van der Waals surface area (Å²) in [4.78, 5) is 22.2. The van der Waals surface area contributed by atoms with Gasteiger partial charge in [-0.1, -0.05) is 19.8 Å². The third-order valence-electron chi connectivity index (χ3n) is 3.73. The lowest BCUT2D eigenvalue weighted by Crippen LogP contribution is -2.23. The van der Waals surface area contributed by atoms with Crippen molar-refractivity contribution in [3.63, 3.8) is 0 Å². The molecule has 0 atom stereocenters. The number of aryl methyl sites for hydroxylation is 1. The molecular weight excluding hydrogens is 362 g/mol. The number of fused-ring (bicyclic) bond motifs is 2. The molecule has 0 fully saturated rings. The van der Waals surface area contributed by atoms with E-state index < -0.39 is 0 Å². The van der Waals surface area contributed by atoms with Gasteiger partial charge in [-0.25, -0.2) is 9.38 Å². The fraction of sp³-hybridized carbons (Fsp3) is 0.571. The van der Waals surface area contributed by atoms with Gasteiger partial charge in [0.15, 0.2) is 21.7 Å². The zero-order valence-corrected chi connectivity index (χ0v) is 15.1. The maximum Gasteiger partial charge on any atom is 0.286 e. The predicted octanol–water partition coefficient (Wildman–Crippen LogP) is 1.78. The van der Waals surface area contributed by atoms with E-state index >= 15 is 0 Å². The van der Waals surface area contributed by atoms with Crippen molar-refractivity contribution in [1.29, 1.82) is 0 Å². The summed E-state index contributed by atoms with van der Waals surface area (Å²) >= 11 is 3.32. The van der Waals surface area contributed by atoms with Gasteiger partial charge in [-0.3, -0.25) is 9.36 Å². The molecular formula is C14H20BrN7O. The van der Waals surface area contributed by atoms with E-state index in [1.807, 2.05) is 23.6 Å². The molecule has 0 aliphatic rings. The Labute approximate surface area is 141 Å². The molecule has 23 heavy (non-hydrogen) atoms. The van der Waals surface area contributed by atoms with Crippen LogP contribution in [0.5, 0.6) is 0 Å². The lowest BCUT2D eigenvalue weighted by Gasteiger charge is -2.10. The maximum absolute atomic E-state index is 12.8. The monoisotopic (exact) mass is 381 g/mol. The second kappa shape index (κ2) is 6.40. The Balaban J connectivity index is 2.25. The molecule has 0 aliphatic heterocycles. The number of halogens is 1. The molecule has 1 N–H and O–H groups in total. The van der Waals surface area contributed by atoms with Crippen molar-refractivity contribution in [3.05, 3.63) is 20.9 Å². The second-order valence-electron chi connectivity index (χ2n) is 5.88. The molecule has 0 aliphatic carbocycles. The third-order valence-corrected chi connectivity index (χ3v) is 4.10. The number of nitrogens with one attached hydrogen (secondary N) is 1. The van der Waals surface area contributed by atoms with E-state index in [1.165, 1.54) is 0 Å². The summed E-state index contributed by atoms with van der Waals surface area (Å²) in [5.74, 6) is 1.18. The average molecular weight is 382 g/mol. The van der Waals surface area contributed by atoms with Gasteiger partial charge in [0, 0.05) is 6.54 Å². The van der Waals surface area contributed by atoms with Crippen molar-refractivity contribution < 1.29 is 0 Å². The molecule has 0 saturated carbocycles. The molecule has 3 aromatic rings. The minimum Gasteiger partial charge on any atom is -0.327 e. The molecule has 0 unspecified atom stereocenters. The van der Waals surface area contributed by atoms with E-state index in [2.05, 4.69) is 43.0 Å². The van der Waals surface area contributed by atoms with Crippen LogP contribution in [0, 0.1) is 0 Å². The van der Waals surface area contributed by atoms with E-state index in [0.29, 0.717) is 34.0 Å². The number of nitrogens with zero attached hydrogens (tertiary/aromatic N) is 6. The summed E-state index contributed by atoms with van der Waals surface area (Å²) in [5, 5.41) is 8.46. The Kier molecular flexibility index (Phi) is 4.49. The molecule has 8 nitrogen and oxygen atoms in total. The van der Waals surface area contributed by atoms with Gasteiger partial charge in [0.25, 0.3) is 5.56 Å². The first-order valence-corrected chi connectivity index (χ1v) is 8.49. The highest BCUT2D eigenvalue weighted by atomic mass is 79.9. The predicted molar refractivity (Wildman–Crippen MR) is 91.5 cm³/mol. The number of imidazole rings is 1. The summed E-state index contributed by atoms with van der Waals surface area (Å²) in [6.45, 7) is 3.46. The molecule has 3 aromatic heterocycles. The normalized spacial score (nSPS) is 12.0. The first-order valence-electron chi connectivity index (χ1n) is 7.69. The van der Waals surface area contributed by atoms with Crippen molar-refractivity contribution in [1.82, 2.24) is 34.0 Å². The van der Waals surface area contributed by atoms with E-state index in [1.54, 1.807) is 4.40 Å². The van der Waals surface area contributed by atoms with Gasteiger partial charge < -0.3 is 9.88 Å². The molecule has 0 aromatic carbocycles. The fourth-order valence-electron chi connectivity index (χ4n) is 2.69. The zero-order valence-electron chi connectivity index (χ0n) is 13.5. The quantitative estimate of drug-likeness (QED) is 0.519. The van der Waals surface area contributed by atoms with Crippen LogP contribution < -0.4 is 5.56 Å². The van der Waals surface area contributed by atoms with Crippen LogP contribution in [0.3, 0.4) is 0 Å². The Morgan fingerprint density at radius 2 is 2.04 bits per heavy atom. The van der Waals surface area contributed by atoms with Gasteiger partial charge in [0.05, 0.1) is 6.54 Å². The molecule has 0 amide bonds. The summed E-state index contributed by atoms with van der Waals surface area (Å²) in [6, 6.07) is 0. The van der Waals surface area contributed by atoms with Gasteiger partial charge in [0.1, 0.15) is 0 Å². The fourth-order valence-corrected chi connectivity index (χ4v) is 3.05. The molecule has 0 bridgehead atoms. The van der Waals surface area contributed by atoms with Crippen LogP contribution in [0.1, 0.15) is 32.0 Å². The van der Waals surface area contributed by atoms with E-state index in [4.69, 9.17) is 0 Å². The van der Waals surface area contributed by atoms with Crippen molar-refractivity contribution >= 4 is 32.9 Å².